The van der Waals surface area contributed by atoms with E-state index in [0.717, 1.165) is 30.0 Å². The average Bonchev–Trinajstić information content (AvgIpc) is 3.15. The Labute approximate surface area is 196 Å². The van der Waals surface area contributed by atoms with E-state index in [4.69, 9.17) is 11.6 Å². The zero-order chi connectivity index (χ0) is 23.3. The van der Waals surface area contributed by atoms with Crippen LogP contribution in [0, 0.1) is 25.6 Å². The van der Waals surface area contributed by atoms with Crippen molar-refractivity contribution in [3.8, 4) is 0 Å². The maximum atomic E-state index is 14.0. The van der Waals surface area contributed by atoms with Crippen LogP contribution in [0.3, 0.4) is 0 Å². The molecular formula is C27H32ClFN2O. The molecule has 1 fully saturated rings. The van der Waals surface area contributed by atoms with E-state index in [1.54, 1.807) is 24.0 Å². The van der Waals surface area contributed by atoms with Crippen molar-refractivity contribution in [1.29, 1.82) is 0 Å². The van der Waals surface area contributed by atoms with Crippen molar-refractivity contribution in [1.82, 2.24) is 5.32 Å². The van der Waals surface area contributed by atoms with Crippen LogP contribution >= 0.6 is 11.6 Å². The monoisotopic (exact) mass is 454 g/mol. The van der Waals surface area contributed by atoms with E-state index in [-0.39, 0.29) is 17.6 Å². The number of hydrogen-bond acceptors (Lipinski definition) is 2. The van der Waals surface area contributed by atoms with Gasteiger partial charge in [0.2, 0.25) is 5.91 Å². The van der Waals surface area contributed by atoms with Gasteiger partial charge in [-0.05, 0) is 79.6 Å². The molecule has 0 aromatic heterocycles. The van der Waals surface area contributed by atoms with Gasteiger partial charge < -0.3 is 10.2 Å². The van der Waals surface area contributed by atoms with E-state index < -0.39 is 0 Å². The zero-order valence-corrected chi connectivity index (χ0v) is 19.9. The van der Waals surface area contributed by atoms with E-state index in [1.165, 1.54) is 22.8 Å². The normalized spacial score (nSPS) is 16.5. The summed E-state index contributed by atoms with van der Waals surface area (Å²) in [4.78, 5) is 14.6. The van der Waals surface area contributed by atoms with Crippen LogP contribution in [0.15, 0.2) is 54.8 Å². The molecule has 0 aliphatic carbocycles. The molecule has 2 aromatic carbocycles. The highest BCUT2D eigenvalue weighted by molar-refractivity contribution is 6.30. The Balaban J connectivity index is 1.62. The molecule has 1 amide bonds. The van der Waals surface area contributed by atoms with Gasteiger partial charge in [0.25, 0.3) is 0 Å². The van der Waals surface area contributed by atoms with Gasteiger partial charge >= 0.3 is 0 Å². The molecule has 0 spiro atoms. The molecule has 170 valence electrons. The topological polar surface area (TPSA) is 32.3 Å². The van der Waals surface area contributed by atoms with Crippen LogP contribution in [0.5, 0.6) is 0 Å². The van der Waals surface area contributed by atoms with E-state index in [9.17, 15) is 9.18 Å². The fourth-order valence-electron chi connectivity index (χ4n) is 4.10. The summed E-state index contributed by atoms with van der Waals surface area (Å²) >= 11 is 6.24. The summed E-state index contributed by atoms with van der Waals surface area (Å²) < 4.78 is 14.0. The maximum Gasteiger partial charge on any atom is 0.236 e. The van der Waals surface area contributed by atoms with Gasteiger partial charge in [-0.3, -0.25) is 4.79 Å². The molecule has 5 heteroatoms. The minimum Gasteiger partial charge on any atom is -0.388 e. The van der Waals surface area contributed by atoms with Gasteiger partial charge in [0, 0.05) is 29.5 Å². The molecule has 1 N–H and O–H groups in total. The molecule has 0 bridgehead atoms. The van der Waals surface area contributed by atoms with Crippen LogP contribution in [0.2, 0.25) is 5.02 Å². The Morgan fingerprint density at radius 2 is 2.00 bits per heavy atom. The molecule has 1 saturated heterocycles. The molecule has 1 atom stereocenters. The van der Waals surface area contributed by atoms with Crippen molar-refractivity contribution in [3.63, 3.8) is 0 Å². The van der Waals surface area contributed by atoms with E-state index >= 15 is 0 Å². The Hall–Kier alpha value is -2.59. The fourth-order valence-corrected chi connectivity index (χ4v) is 4.27. The van der Waals surface area contributed by atoms with Gasteiger partial charge in [-0.25, -0.2) is 4.39 Å². The smallest absolute Gasteiger partial charge is 0.236 e. The molecular weight excluding hydrogens is 423 g/mol. The first-order valence-electron chi connectivity index (χ1n) is 11.3. The number of nitrogens with one attached hydrogen (secondary N) is 1. The highest BCUT2D eigenvalue weighted by atomic mass is 35.5. The number of nitrogens with zero attached hydrogens (tertiary/aromatic N) is 1. The maximum absolute atomic E-state index is 14.0. The first kappa shape index (κ1) is 24.1. The number of anilines is 1. The number of amides is 1. The molecule has 2 aromatic rings. The molecule has 1 unspecified atom stereocenters. The second-order valence-electron chi connectivity index (χ2n) is 8.44. The van der Waals surface area contributed by atoms with Crippen LogP contribution in [-0.2, 0) is 4.79 Å². The Kier molecular flexibility index (Phi) is 8.14. The summed E-state index contributed by atoms with van der Waals surface area (Å²) in [6.07, 6.45) is 5.85. The molecule has 0 radical (unpaired) electrons. The third-order valence-corrected chi connectivity index (χ3v) is 6.30. The zero-order valence-electron chi connectivity index (χ0n) is 19.2. The minimum atomic E-state index is -0.296. The van der Waals surface area contributed by atoms with Crippen LogP contribution in [0.1, 0.15) is 49.3 Å². The number of carbonyl (C=O) groups excluding carboxylic acids is 1. The fraction of sp³-hybridized carbons (Fsp3) is 0.370. The number of rotatable bonds is 9. The van der Waals surface area contributed by atoms with E-state index in [2.05, 4.69) is 31.8 Å². The Bertz CT molecular complexity index is 1030. The highest BCUT2D eigenvalue weighted by Crippen LogP contribution is 2.30. The van der Waals surface area contributed by atoms with Crippen molar-refractivity contribution in [2.45, 2.75) is 46.5 Å². The number of hydrogen-bond donors (Lipinski definition) is 1. The lowest BCUT2D eigenvalue weighted by atomic mass is 9.96. The predicted octanol–water partition coefficient (Wildman–Crippen LogP) is 6.83. The van der Waals surface area contributed by atoms with E-state index in [1.807, 2.05) is 18.2 Å². The van der Waals surface area contributed by atoms with Gasteiger partial charge in [0.1, 0.15) is 5.82 Å². The number of aryl methyl sites for hydroxylation is 2. The van der Waals surface area contributed by atoms with Crippen LogP contribution in [0.25, 0.3) is 5.57 Å². The summed E-state index contributed by atoms with van der Waals surface area (Å²) in [5.74, 6) is -0.619. The third-order valence-electron chi connectivity index (χ3n) is 6.06. The minimum absolute atomic E-state index is 0.0295. The summed E-state index contributed by atoms with van der Waals surface area (Å²) in [6, 6.07) is 10.9. The van der Waals surface area contributed by atoms with Crippen molar-refractivity contribution in [2.75, 3.05) is 18.0 Å². The number of halogens is 2. The Morgan fingerprint density at radius 3 is 2.72 bits per heavy atom. The molecule has 1 aliphatic rings. The molecule has 32 heavy (non-hydrogen) atoms. The van der Waals surface area contributed by atoms with Gasteiger partial charge in [0.05, 0.1) is 5.92 Å². The number of unbranched alkanes of at least 4 members (excludes halogenated alkanes) is 1. The summed E-state index contributed by atoms with van der Waals surface area (Å²) in [7, 11) is 0. The SMILES string of the molecule is C=C(NCC/C(=C/CCC)c1cc(Cl)ccc1C)C1CCN(c2ccc(C)c(F)c2)C1=O. The Morgan fingerprint density at radius 1 is 1.25 bits per heavy atom. The van der Waals surface area contributed by atoms with Crippen molar-refractivity contribution >= 4 is 28.8 Å². The largest absolute Gasteiger partial charge is 0.388 e. The molecule has 3 nitrogen and oxygen atoms in total. The molecule has 1 heterocycles. The van der Waals surface area contributed by atoms with Crippen molar-refractivity contribution in [3.05, 3.63) is 82.3 Å². The van der Waals surface area contributed by atoms with Gasteiger partial charge in [-0.1, -0.05) is 49.7 Å². The first-order valence-corrected chi connectivity index (χ1v) is 11.6. The van der Waals surface area contributed by atoms with Crippen molar-refractivity contribution < 1.29 is 9.18 Å². The summed E-state index contributed by atoms with van der Waals surface area (Å²) in [5.41, 5.74) is 5.52. The van der Waals surface area contributed by atoms with Gasteiger partial charge in [-0.2, -0.15) is 0 Å². The summed E-state index contributed by atoms with van der Waals surface area (Å²) in [5, 5.41) is 4.10. The molecule has 1 aliphatic heterocycles. The molecule has 3 rings (SSSR count). The first-order chi connectivity index (χ1) is 15.3. The van der Waals surface area contributed by atoms with Crippen LogP contribution in [-0.4, -0.2) is 19.0 Å². The lowest BCUT2D eigenvalue weighted by Gasteiger charge is -2.19. The molecule has 0 saturated carbocycles. The van der Waals surface area contributed by atoms with Crippen molar-refractivity contribution in [2.24, 2.45) is 5.92 Å². The van der Waals surface area contributed by atoms with Crippen LogP contribution < -0.4 is 10.2 Å². The lowest BCUT2D eigenvalue weighted by molar-refractivity contribution is -0.119. The second kappa shape index (κ2) is 10.8. The van der Waals surface area contributed by atoms with Gasteiger partial charge in [0.15, 0.2) is 0 Å². The standard InChI is InChI=1S/C27H32ClFN2O/c1-5-6-7-21(25-16-22(28)10-8-18(25)2)12-14-30-20(4)24-13-15-31(27(24)32)23-11-9-19(3)26(29)17-23/h7-11,16-17,24,30H,4-6,12-15H2,1-3H3/b21-7-. The van der Waals surface area contributed by atoms with Crippen LogP contribution in [0.4, 0.5) is 10.1 Å². The average molecular weight is 455 g/mol. The quantitative estimate of drug-likeness (QED) is 0.450. The predicted molar refractivity (Wildman–Crippen MR) is 132 cm³/mol. The third kappa shape index (κ3) is 5.60. The number of benzene rings is 2. The highest BCUT2D eigenvalue weighted by Gasteiger charge is 2.34. The summed E-state index contributed by atoms with van der Waals surface area (Å²) in [6.45, 7) is 11.4. The lowest BCUT2D eigenvalue weighted by Crippen LogP contribution is -2.30. The van der Waals surface area contributed by atoms with E-state index in [0.29, 0.717) is 30.8 Å². The van der Waals surface area contributed by atoms with Gasteiger partial charge in [-0.15, -0.1) is 0 Å². The number of allylic oxidation sites excluding steroid dienone is 1. The number of carbonyl (C=O) groups is 1. The second-order valence-corrected chi connectivity index (χ2v) is 8.88.